The van der Waals surface area contributed by atoms with Crippen molar-refractivity contribution in [3.05, 3.63) is 0 Å². The molecule has 0 aliphatic heterocycles. The van der Waals surface area contributed by atoms with Gasteiger partial charge in [0.2, 0.25) is 0 Å². The smallest absolute Gasteiger partial charge is 0.0443 e. The van der Waals surface area contributed by atoms with E-state index in [1.165, 1.54) is 327 Å². The number of hydrogen-bond donors (Lipinski definition) is 0. The molecule has 0 spiro atoms. The largest absolute Gasteiger partial charge is 0.0776 e. The van der Waals surface area contributed by atoms with E-state index in [2.05, 4.69) is 83.1 Å². The van der Waals surface area contributed by atoms with Crippen LogP contribution >= 0.6 is 0 Å². The zero-order valence-electron chi connectivity index (χ0n) is 50.4. The fourth-order valence-corrected chi connectivity index (χ4v) is 9.85. The summed E-state index contributed by atoms with van der Waals surface area (Å²) < 4.78 is 0. The molecule has 2 atom stereocenters. The Morgan fingerprint density at radius 3 is 0.386 bits per heavy atom. The fraction of sp³-hybridized carbons (Fsp3) is 1.00. The van der Waals surface area contributed by atoms with E-state index in [0.29, 0.717) is 0 Å². The van der Waals surface area contributed by atoms with Crippen molar-refractivity contribution in [2.75, 3.05) is 0 Å². The molecule has 0 rings (SSSR count). The zero-order valence-corrected chi connectivity index (χ0v) is 50.4. The van der Waals surface area contributed by atoms with Crippen molar-refractivity contribution < 1.29 is 0 Å². The molecular formula is C70H154. The molecule has 0 heterocycles. The Hall–Kier alpha value is 0. The average Bonchev–Trinajstić information content (AvgIpc) is 3.33. The summed E-state index contributed by atoms with van der Waals surface area (Å²) >= 11 is 0. The van der Waals surface area contributed by atoms with E-state index < -0.39 is 0 Å². The summed E-state index contributed by atoms with van der Waals surface area (Å²) in [4.78, 5) is 0. The maximum Gasteiger partial charge on any atom is -0.0443 e. The highest BCUT2D eigenvalue weighted by molar-refractivity contribution is 4.59. The first-order chi connectivity index (χ1) is 32.7. The Balaban J connectivity index is -0.000000152. The second kappa shape index (κ2) is 80.4. The molecule has 0 saturated heterocycles. The molecule has 0 aliphatic rings. The van der Waals surface area contributed by atoms with Crippen molar-refractivity contribution >= 4 is 0 Å². The van der Waals surface area contributed by atoms with Gasteiger partial charge < -0.3 is 0 Å². The van der Waals surface area contributed by atoms with E-state index in [1.807, 2.05) is 0 Å². The van der Waals surface area contributed by atoms with E-state index in [9.17, 15) is 0 Å². The van der Waals surface area contributed by atoms with Crippen LogP contribution in [0.5, 0.6) is 0 Å². The summed E-state index contributed by atoms with van der Waals surface area (Å²) in [6, 6.07) is 0. The monoisotopic (exact) mass is 995 g/mol. The molecule has 70 heavy (non-hydrogen) atoms. The quantitative estimate of drug-likeness (QED) is 0.0533. The molecule has 0 bridgehead atoms. The molecule has 0 aliphatic carbocycles. The predicted molar refractivity (Wildman–Crippen MR) is 338 cm³/mol. The van der Waals surface area contributed by atoms with Crippen molar-refractivity contribution in [2.45, 2.75) is 433 Å². The molecule has 0 nitrogen and oxygen atoms in total. The van der Waals surface area contributed by atoms with Crippen LogP contribution < -0.4 is 0 Å². The van der Waals surface area contributed by atoms with Gasteiger partial charge in [0.1, 0.15) is 0 Å². The lowest BCUT2D eigenvalue weighted by Crippen LogP contribution is -1.95. The molecule has 0 aromatic carbocycles. The number of hydrogen-bond acceptors (Lipinski definition) is 0. The van der Waals surface area contributed by atoms with Crippen LogP contribution in [0.3, 0.4) is 0 Å². The summed E-state index contributed by atoms with van der Waals surface area (Å²) in [5.74, 6) is 3.89. The molecule has 0 radical (unpaired) electrons. The molecule has 0 heteroatoms. The molecule has 0 N–H and O–H groups in total. The van der Waals surface area contributed by atoms with E-state index >= 15 is 0 Å². The summed E-state index contributed by atoms with van der Waals surface area (Å²) in [7, 11) is 0. The lowest BCUT2D eigenvalue weighted by Gasteiger charge is -2.11. The minimum Gasteiger partial charge on any atom is -0.0776 e. The maximum absolute atomic E-state index is 2.47. The van der Waals surface area contributed by atoms with Crippen LogP contribution in [0, 0.1) is 23.7 Å². The molecular weight excluding hydrogens is 841 g/mol. The van der Waals surface area contributed by atoms with E-state index in [1.54, 1.807) is 0 Å². The third kappa shape index (κ3) is 87.7. The van der Waals surface area contributed by atoms with E-state index in [4.69, 9.17) is 0 Å². The minimum atomic E-state index is 0. The van der Waals surface area contributed by atoms with Gasteiger partial charge >= 0.3 is 0 Å². The second-order valence-corrected chi connectivity index (χ2v) is 23.1. The highest BCUT2D eigenvalue weighted by Crippen LogP contribution is 2.21. The van der Waals surface area contributed by atoms with Crippen molar-refractivity contribution in [3.8, 4) is 0 Å². The Morgan fingerprint density at radius 1 is 0.143 bits per heavy atom. The fourth-order valence-electron chi connectivity index (χ4n) is 9.85. The zero-order chi connectivity index (χ0) is 50.4. The number of unbranched alkanes of at least 4 members (excludes halogenated alkanes) is 35. The van der Waals surface area contributed by atoms with Gasteiger partial charge in [0, 0.05) is 0 Å². The standard InChI is InChI=1S/C20H42.C19H40.C18H38.C10H22.3CH4/c1-4-6-8-10-12-14-16-18-20(3)19-17-15-13-11-9-7-5-2;1-4-6-8-10-12-14-16-18-19(3)17-15-13-11-9-7-5-2;1-4-6-8-10-11-12-13-15-17-18(3)16-14-9-7-5-2;1-4-6-8-10(3)9-7-5-2;;;/h20H,4-19H2,1-3H3;19H,4-18H2,1-3H3;18H,4-17H2,1-3H3;10H,4-9H2,1-3H3;3*1H4. The highest BCUT2D eigenvalue weighted by atomic mass is 14.1. The topological polar surface area (TPSA) is 0 Å². The van der Waals surface area contributed by atoms with Crippen LogP contribution in [0.4, 0.5) is 0 Å². The maximum atomic E-state index is 2.47. The van der Waals surface area contributed by atoms with Gasteiger partial charge in [-0.25, -0.2) is 0 Å². The predicted octanol–water partition coefficient (Wildman–Crippen LogP) is 28.5. The van der Waals surface area contributed by atoms with Crippen LogP contribution in [-0.2, 0) is 0 Å². The van der Waals surface area contributed by atoms with Gasteiger partial charge in [-0.15, -0.1) is 0 Å². The number of rotatable bonds is 51. The van der Waals surface area contributed by atoms with E-state index in [-0.39, 0.29) is 22.3 Å². The van der Waals surface area contributed by atoms with Gasteiger partial charge in [-0.3, -0.25) is 0 Å². The third-order valence-electron chi connectivity index (χ3n) is 15.2. The van der Waals surface area contributed by atoms with Gasteiger partial charge in [-0.1, -0.05) is 433 Å². The molecule has 434 valence electrons. The summed E-state index contributed by atoms with van der Waals surface area (Å²) in [6.45, 7) is 28.1. The van der Waals surface area contributed by atoms with Crippen molar-refractivity contribution in [2.24, 2.45) is 23.7 Å². The Labute approximate surface area is 454 Å². The summed E-state index contributed by atoms with van der Waals surface area (Å²) in [6.07, 6.45) is 73.9. The van der Waals surface area contributed by atoms with Crippen molar-refractivity contribution in [1.82, 2.24) is 0 Å². The van der Waals surface area contributed by atoms with Gasteiger partial charge in [0.05, 0.1) is 0 Å². The molecule has 2 unspecified atom stereocenters. The Bertz CT molecular complexity index is 727. The van der Waals surface area contributed by atoms with Crippen molar-refractivity contribution in [1.29, 1.82) is 0 Å². The molecule has 0 saturated carbocycles. The average molecular weight is 996 g/mol. The van der Waals surface area contributed by atoms with Crippen LogP contribution in [0.15, 0.2) is 0 Å². The van der Waals surface area contributed by atoms with Crippen LogP contribution in [0.1, 0.15) is 433 Å². The SMILES string of the molecule is C.C.C.CCCCC(C)CCCC.CCCCCCCCCC(C)CCCCCCCC.CCCCCCCCCC(C)CCCCCCCCC.CCCCCCCCCCC(C)CCCCCC. The molecule has 0 aromatic heterocycles. The van der Waals surface area contributed by atoms with Crippen LogP contribution in [-0.4, -0.2) is 0 Å². The Morgan fingerprint density at radius 2 is 0.243 bits per heavy atom. The highest BCUT2D eigenvalue weighted by Gasteiger charge is 2.05. The summed E-state index contributed by atoms with van der Waals surface area (Å²) in [5, 5.41) is 0. The van der Waals surface area contributed by atoms with Gasteiger partial charge in [0.15, 0.2) is 0 Å². The third-order valence-corrected chi connectivity index (χ3v) is 15.2. The lowest BCUT2D eigenvalue weighted by atomic mass is 9.96. The van der Waals surface area contributed by atoms with Gasteiger partial charge in [-0.2, -0.15) is 0 Å². The first-order valence-electron chi connectivity index (χ1n) is 32.7. The lowest BCUT2D eigenvalue weighted by molar-refractivity contribution is 0.431. The van der Waals surface area contributed by atoms with Crippen LogP contribution in [0.2, 0.25) is 0 Å². The van der Waals surface area contributed by atoms with Crippen LogP contribution in [0.25, 0.3) is 0 Å². The normalized spacial score (nSPS) is 11.6. The van der Waals surface area contributed by atoms with Crippen molar-refractivity contribution in [3.63, 3.8) is 0 Å². The molecule has 0 fully saturated rings. The molecule has 0 amide bonds. The Kier molecular flexibility index (Phi) is 96.4. The summed E-state index contributed by atoms with van der Waals surface area (Å²) in [5.41, 5.74) is 0. The minimum absolute atomic E-state index is 0. The second-order valence-electron chi connectivity index (χ2n) is 23.1. The van der Waals surface area contributed by atoms with Gasteiger partial charge in [-0.05, 0) is 23.7 Å². The molecule has 0 aromatic rings. The first kappa shape index (κ1) is 84.0. The van der Waals surface area contributed by atoms with Gasteiger partial charge in [0.25, 0.3) is 0 Å². The van der Waals surface area contributed by atoms with E-state index in [0.717, 1.165) is 23.7 Å². The first-order valence-corrected chi connectivity index (χ1v) is 32.7.